The van der Waals surface area contributed by atoms with Gasteiger partial charge in [-0.2, -0.15) is 0 Å². The molecular weight excluding hydrogens is 260 g/mol. The van der Waals surface area contributed by atoms with E-state index in [1.165, 1.54) is 31.9 Å². The summed E-state index contributed by atoms with van der Waals surface area (Å²) in [5.41, 5.74) is 7.41. The normalized spacial score (nSPS) is 17.2. The zero-order valence-corrected chi connectivity index (χ0v) is 12.4. The first-order valence-corrected chi connectivity index (χ1v) is 8.59. The van der Waals surface area contributed by atoms with Crippen LogP contribution < -0.4 is 11.1 Å². The molecule has 1 fully saturated rings. The van der Waals surface area contributed by atoms with E-state index in [-0.39, 0.29) is 4.90 Å². The lowest BCUT2D eigenvalue weighted by atomic mass is 10.0. The fraction of sp³-hybridized carbons (Fsp3) is 0.571. The van der Waals surface area contributed by atoms with Gasteiger partial charge in [0.2, 0.25) is 0 Å². The average molecular weight is 282 g/mol. The van der Waals surface area contributed by atoms with Crippen molar-refractivity contribution in [3.8, 4) is 0 Å². The Morgan fingerprint density at radius 3 is 2.58 bits per heavy atom. The van der Waals surface area contributed by atoms with Gasteiger partial charge in [-0.15, -0.1) is 0 Å². The van der Waals surface area contributed by atoms with E-state index in [0.29, 0.717) is 11.1 Å². The number of sulfone groups is 1. The minimum absolute atomic E-state index is 0.206. The lowest BCUT2D eigenvalue weighted by Crippen LogP contribution is -2.16. The lowest BCUT2D eigenvalue weighted by molar-refractivity contribution is 0.486. The summed E-state index contributed by atoms with van der Waals surface area (Å²) in [5.74, 6) is 0. The second kappa shape index (κ2) is 5.04. The Hall–Kier alpha value is -1.23. The van der Waals surface area contributed by atoms with Gasteiger partial charge in [-0.25, -0.2) is 8.42 Å². The summed E-state index contributed by atoms with van der Waals surface area (Å²) in [7, 11) is -3.27. The number of benzene rings is 1. The molecule has 5 heteroatoms. The monoisotopic (exact) mass is 282 g/mol. The Morgan fingerprint density at radius 2 is 2.05 bits per heavy atom. The maximum atomic E-state index is 11.6. The van der Waals surface area contributed by atoms with Crippen molar-refractivity contribution in [1.82, 2.24) is 0 Å². The van der Waals surface area contributed by atoms with E-state index in [9.17, 15) is 8.42 Å². The Labute approximate surface area is 115 Å². The SMILES string of the molecule is CCCC1(CNc2cccc(S(C)(=O)=O)c2N)CC1. The van der Waals surface area contributed by atoms with Crippen molar-refractivity contribution in [2.45, 2.75) is 37.5 Å². The Morgan fingerprint density at radius 1 is 1.37 bits per heavy atom. The molecule has 0 bridgehead atoms. The first-order valence-electron chi connectivity index (χ1n) is 6.70. The van der Waals surface area contributed by atoms with Crippen LogP contribution in [-0.4, -0.2) is 21.2 Å². The minimum atomic E-state index is -3.27. The molecule has 4 nitrogen and oxygen atoms in total. The fourth-order valence-corrected chi connectivity index (χ4v) is 3.36. The van der Waals surface area contributed by atoms with Crippen molar-refractivity contribution in [2.24, 2.45) is 5.41 Å². The van der Waals surface area contributed by atoms with Crippen LogP contribution >= 0.6 is 0 Å². The summed E-state index contributed by atoms with van der Waals surface area (Å²) in [6.07, 6.45) is 6.08. The molecule has 1 aliphatic carbocycles. The Bertz CT molecular complexity index is 563. The summed E-state index contributed by atoms with van der Waals surface area (Å²) in [4.78, 5) is 0.206. The molecule has 0 radical (unpaired) electrons. The second-order valence-corrected chi connectivity index (χ2v) is 7.58. The topological polar surface area (TPSA) is 72.2 Å². The van der Waals surface area contributed by atoms with Gasteiger partial charge in [0.1, 0.15) is 0 Å². The number of hydrogen-bond acceptors (Lipinski definition) is 4. The third kappa shape index (κ3) is 3.21. The standard InChI is InChI=1S/C14H22N2O2S/c1-3-7-14(8-9-14)10-16-11-5-4-6-12(13(11)15)19(2,17)18/h4-6,16H,3,7-10,15H2,1-2H3. The largest absolute Gasteiger partial charge is 0.396 e. The Balaban J connectivity index is 2.14. The highest BCUT2D eigenvalue weighted by Crippen LogP contribution is 2.49. The number of rotatable bonds is 6. The summed E-state index contributed by atoms with van der Waals surface area (Å²) >= 11 is 0. The van der Waals surface area contributed by atoms with E-state index >= 15 is 0 Å². The number of nitrogen functional groups attached to an aromatic ring is 1. The molecule has 0 saturated heterocycles. The molecule has 3 N–H and O–H groups in total. The fourth-order valence-electron chi connectivity index (χ4n) is 2.53. The lowest BCUT2D eigenvalue weighted by Gasteiger charge is -2.18. The number of nitrogens with one attached hydrogen (secondary N) is 1. The van der Waals surface area contributed by atoms with Crippen LogP contribution in [0.5, 0.6) is 0 Å². The molecule has 0 spiro atoms. The summed E-state index contributed by atoms with van der Waals surface area (Å²) in [6.45, 7) is 3.07. The quantitative estimate of drug-likeness (QED) is 0.787. The summed E-state index contributed by atoms with van der Waals surface area (Å²) in [5, 5.41) is 3.32. The molecule has 0 amide bonds. The van der Waals surface area contributed by atoms with Gasteiger partial charge in [0.05, 0.1) is 16.3 Å². The van der Waals surface area contributed by atoms with Crippen LogP contribution in [0.3, 0.4) is 0 Å². The number of nitrogens with two attached hydrogens (primary N) is 1. The van der Waals surface area contributed by atoms with Crippen LogP contribution in [0.15, 0.2) is 23.1 Å². The van der Waals surface area contributed by atoms with Gasteiger partial charge < -0.3 is 11.1 Å². The zero-order chi connectivity index (χ0) is 14.1. The van der Waals surface area contributed by atoms with E-state index in [0.717, 1.165) is 12.2 Å². The smallest absolute Gasteiger partial charge is 0.177 e. The van der Waals surface area contributed by atoms with Crippen molar-refractivity contribution in [2.75, 3.05) is 23.9 Å². The van der Waals surface area contributed by atoms with Gasteiger partial charge in [0, 0.05) is 12.8 Å². The van der Waals surface area contributed by atoms with Crippen LogP contribution in [-0.2, 0) is 9.84 Å². The molecule has 1 saturated carbocycles. The summed E-state index contributed by atoms with van der Waals surface area (Å²) < 4.78 is 23.2. The van der Waals surface area contributed by atoms with E-state index in [1.54, 1.807) is 12.1 Å². The Kier molecular flexibility index (Phi) is 3.76. The second-order valence-electron chi connectivity index (χ2n) is 5.59. The van der Waals surface area contributed by atoms with Crippen molar-refractivity contribution < 1.29 is 8.42 Å². The number of hydrogen-bond donors (Lipinski definition) is 2. The molecule has 0 heterocycles. The first-order chi connectivity index (χ1) is 8.88. The highest BCUT2D eigenvalue weighted by atomic mass is 32.2. The van der Waals surface area contributed by atoms with E-state index < -0.39 is 9.84 Å². The molecule has 106 valence electrons. The number of anilines is 2. The first kappa shape index (κ1) is 14.2. The molecule has 0 atom stereocenters. The van der Waals surface area contributed by atoms with Gasteiger partial charge >= 0.3 is 0 Å². The molecule has 1 aromatic rings. The van der Waals surface area contributed by atoms with E-state index in [2.05, 4.69) is 12.2 Å². The van der Waals surface area contributed by atoms with Crippen LogP contribution in [0.2, 0.25) is 0 Å². The van der Waals surface area contributed by atoms with Crippen molar-refractivity contribution in [3.05, 3.63) is 18.2 Å². The molecular formula is C14H22N2O2S. The number of para-hydroxylation sites is 1. The highest BCUT2D eigenvalue weighted by molar-refractivity contribution is 7.90. The van der Waals surface area contributed by atoms with Crippen molar-refractivity contribution >= 4 is 21.2 Å². The maximum absolute atomic E-state index is 11.6. The third-order valence-corrected chi connectivity index (χ3v) is 5.01. The van der Waals surface area contributed by atoms with Gasteiger partial charge in [0.25, 0.3) is 0 Å². The van der Waals surface area contributed by atoms with Crippen LogP contribution in [0, 0.1) is 5.41 Å². The molecule has 0 aliphatic heterocycles. The molecule has 1 aliphatic rings. The van der Waals surface area contributed by atoms with Crippen molar-refractivity contribution in [1.29, 1.82) is 0 Å². The van der Waals surface area contributed by atoms with E-state index in [4.69, 9.17) is 5.73 Å². The van der Waals surface area contributed by atoms with Gasteiger partial charge in [-0.1, -0.05) is 19.4 Å². The molecule has 19 heavy (non-hydrogen) atoms. The van der Waals surface area contributed by atoms with Gasteiger partial charge in [0.15, 0.2) is 9.84 Å². The third-order valence-electron chi connectivity index (χ3n) is 3.86. The molecule has 0 aromatic heterocycles. The van der Waals surface area contributed by atoms with Crippen LogP contribution in [0.4, 0.5) is 11.4 Å². The van der Waals surface area contributed by atoms with Gasteiger partial charge in [-0.05, 0) is 36.8 Å². The van der Waals surface area contributed by atoms with Crippen LogP contribution in [0.25, 0.3) is 0 Å². The van der Waals surface area contributed by atoms with Crippen molar-refractivity contribution in [3.63, 3.8) is 0 Å². The zero-order valence-electron chi connectivity index (χ0n) is 11.6. The average Bonchev–Trinajstić information content (AvgIpc) is 3.07. The molecule has 1 aromatic carbocycles. The highest BCUT2D eigenvalue weighted by Gasteiger charge is 2.41. The van der Waals surface area contributed by atoms with E-state index in [1.807, 2.05) is 6.07 Å². The van der Waals surface area contributed by atoms with Gasteiger partial charge in [-0.3, -0.25) is 0 Å². The predicted octanol–water partition coefficient (Wildman–Crippen LogP) is 2.66. The maximum Gasteiger partial charge on any atom is 0.177 e. The molecule has 2 rings (SSSR count). The predicted molar refractivity (Wildman–Crippen MR) is 79.0 cm³/mol. The molecule has 0 unspecified atom stereocenters. The minimum Gasteiger partial charge on any atom is -0.396 e. The van der Waals surface area contributed by atoms with Crippen LogP contribution in [0.1, 0.15) is 32.6 Å². The summed E-state index contributed by atoms with van der Waals surface area (Å²) in [6, 6.07) is 5.12.